The maximum Gasteiger partial charge on any atom is 0.253 e. The lowest BCUT2D eigenvalue weighted by atomic mass is 10.1. The second-order valence-corrected chi connectivity index (χ2v) is 6.52. The van der Waals surface area contributed by atoms with E-state index in [2.05, 4.69) is 24.0 Å². The van der Waals surface area contributed by atoms with Gasteiger partial charge in [0.1, 0.15) is 18.1 Å². The third kappa shape index (κ3) is 4.76. The predicted octanol–water partition coefficient (Wildman–Crippen LogP) is 2.84. The van der Waals surface area contributed by atoms with Gasteiger partial charge in [0.25, 0.3) is 5.91 Å². The zero-order valence-electron chi connectivity index (χ0n) is 15.5. The Labute approximate surface area is 155 Å². The summed E-state index contributed by atoms with van der Waals surface area (Å²) in [6, 6.07) is 15.4. The summed E-state index contributed by atoms with van der Waals surface area (Å²) in [7, 11) is 1.62. The van der Waals surface area contributed by atoms with Crippen molar-refractivity contribution in [3.05, 3.63) is 59.7 Å². The molecule has 0 bridgehead atoms. The molecule has 0 aliphatic carbocycles. The molecule has 1 fully saturated rings. The number of carbonyl (C=O) groups is 1. The van der Waals surface area contributed by atoms with Crippen LogP contribution >= 0.6 is 0 Å². The van der Waals surface area contributed by atoms with Gasteiger partial charge < -0.3 is 14.4 Å². The van der Waals surface area contributed by atoms with Crippen molar-refractivity contribution < 1.29 is 14.3 Å². The Bertz CT molecular complexity index is 705. The standard InChI is InChI=1S/C21H26N2O3/c1-17-3-7-20(8-4-17)26-16-15-22-11-13-23(14-12-22)21(24)18-5-9-19(25-2)10-6-18/h3-10H,11-16H2,1-2H3. The van der Waals surface area contributed by atoms with Crippen LogP contribution in [0.25, 0.3) is 0 Å². The molecule has 26 heavy (non-hydrogen) atoms. The molecule has 1 aliphatic rings. The number of benzene rings is 2. The minimum Gasteiger partial charge on any atom is -0.497 e. The van der Waals surface area contributed by atoms with E-state index in [1.807, 2.05) is 41.3 Å². The van der Waals surface area contributed by atoms with Crippen LogP contribution in [0.4, 0.5) is 0 Å². The molecular weight excluding hydrogens is 328 g/mol. The third-order valence-electron chi connectivity index (χ3n) is 4.69. The maximum atomic E-state index is 12.6. The molecule has 0 aromatic heterocycles. The third-order valence-corrected chi connectivity index (χ3v) is 4.69. The molecule has 0 radical (unpaired) electrons. The summed E-state index contributed by atoms with van der Waals surface area (Å²) in [6.45, 7) is 6.84. The first-order chi connectivity index (χ1) is 12.7. The molecule has 2 aromatic carbocycles. The minimum absolute atomic E-state index is 0.0863. The highest BCUT2D eigenvalue weighted by Gasteiger charge is 2.22. The van der Waals surface area contributed by atoms with Crippen molar-refractivity contribution in [1.82, 2.24) is 9.80 Å². The number of amides is 1. The molecule has 2 aromatic rings. The van der Waals surface area contributed by atoms with Crippen LogP contribution in [0, 0.1) is 6.92 Å². The maximum absolute atomic E-state index is 12.6. The normalized spacial score (nSPS) is 14.9. The number of piperazine rings is 1. The van der Waals surface area contributed by atoms with E-state index in [4.69, 9.17) is 9.47 Å². The molecule has 1 heterocycles. The second-order valence-electron chi connectivity index (χ2n) is 6.52. The number of hydrogen-bond donors (Lipinski definition) is 0. The van der Waals surface area contributed by atoms with Crippen molar-refractivity contribution in [1.29, 1.82) is 0 Å². The molecule has 1 amide bonds. The van der Waals surface area contributed by atoms with Gasteiger partial charge in [0.15, 0.2) is 0 Å². The van der Waals surface area contributed by atoms with E-state index in [0.29, 0.717) is 12.2 Å². The van der Waals surface area contributed by atoms with E-state index in [1.165, 1.54) is 5.56 Å². The van der Waals surface area contributed by atoms with Crippen molar-refractivity contribution in [2.75, 3.05) is 46.4 Å². The molecule has 0 atom stereocenters. The highest BCUT2D eigenvalue weighted by molar-refractivity contribution is 5.94. The summed E-state index contributed by atoms with van der Waals surface area (Å²) in [5.41, 5.74) is 1.94. The monoisotopic (exact) mass is 354 g/mol. The van der Waals surface area contributed by atoms with Crippen molar-refractivity contribution in [3.63, 3.8) is 0 Å². The van der Waals surface area contributed by atoms with E-state index < -0.39 is 0 Å². The highest BCUT2D eigenvalue weighted by atomic mass is 16.5. The van der Waals surface area contributed by atoms with Gasteiger partial charge in [-0.25, -0.2) is 0 Å². The number of methoxy groups -OCH3 is 1. The molecule has 1 aliphatic heterocycles. The van der Waals surface area contributed by atoms with Crippen LogP contribution in [0.5, 0.6) is 11.5 Å². The van der Waals surface area contributed by atoms with Crippen LogP contribution in [-0.2, 0) is 0 Å². The van der Waals surface area contributed by atoms with E-state index in [-0.39, 0.29) is 5.91 Å². The molecular formula is C21H26N2O3. The van der Waals surface area contributed by atoms with Gasteiger partial charge in [0.2, 0.25) is 0 Å². The topological polar surface area (TPSA) is 42.0 Å². The van der Waals surface area contributed by atoms with Crippen molar-refractivity contribution in [2.24, 2.45) is 0 Å². The van der Waals surface area contributed by atoms with Gasteiger partial charge in [0.05, 0.1) is 7.11 Å². The van der Waals surface area contributed by atoms with Crippen LogP contribution in [0.1, 0.15) is 15.9 Å². The Morgan fingerprint density at radius 2 is 1.54 bits per heavy atom. The average Bonchev–Trinajstić information content (AvgIpc) is 2.69. The van der Waals surface area contributed by atoms with Crippen molar-refractivity contribution >= 4 is 5.91 Å². The fourth-order valence-corrected chi connectivity index (χ4v) is 3.02. The lowest BCUT2D eigenvalue weighted by Gasteiger charge is -2.34. The van der Waals surface area contributed by atoms with Gasteiger partial charge in [-0.1, -0.05) is 17.7 Å². The summed E-state index contributed by atoms with van der Waals surface area (Å²) in [5.74, 6) is 1.76. The van der Waals surface area contributed by atoms with E-state index in [1.54, 1.807) is 7.11 Å². The second kappa shape index (κ2) is 8.72. The minimum atomic E-state index is 0.0863. The summed E-state index contributed by atoms with van der Waals surface area (Å²) in [6.07, 6.45) is 0. The number of nitrogens with zero attached hydrogens (tertiary/aromatic N) is 2. The number of hydrogen-bond acceptors (Lipinski definition) is 4. The first-order valence-electron chi connectivity index (χ1n) is 9.01. The van der Waals surface area contributed by atoms with Gasteiger partial charge in [-0.05, 0) is 43.3 Å². The lowest BCUT2D eigenvalue weighted by molar-refractivity contribution is 0.0620. The fourth-order valence-electron chi connectivity index (χ4n) is 3.02. The zero-order chi connectivity index (χ0) is 18.4. The van der Waals surface area contributed by atoms with Gasteiger partial charge in [-0.3, -0.25) is 9.69 Å². The number of carbonyl (C=O) groups excluding carboxylic acids is 1. The summed E-state index contributed by atoms with van der Waals surface area (Å²) in [4.78, 5) is 16.8. The van der Waals surface area contributed by atoms with Crippen LogP contribution in [0.2, 0.25) is 0 Å². The first-order valence-corrected chi connectivity index (χ1v) is 9.01. The molecule has 138 valence electrons. The highest BCUT2D eigenvalue weighted by Crippen LogP contribution is 2.15. The van der Waals surface area contributed by atoms with Crippen LogP contribution in [0.15, 0.2) is 48.5 Å². The molecule has 5 heteroatoms. The Morgan fingerprint density at radius 1 is 0.923 bits per heavy atom. The van der Waals surface area contributed by atoms with Crippen LogP contribution in [-0.4, -0.2) is 62.1 Å². The van der Waals surface area contributed by atoms with E-state index in [9.17, 15) is 4.79 Å². The number of rotatable bonds is 6. The average molecular weight is 354 g/mol. The van der Waals surface area contributed by atoms with E-state index in [0.717, 1.165) is 44.2 Å². The lowest BCUT2D eigenvalue weighted by Crippen LogP contribution is -2.49. The molecule has 3 rings (SSSR count). The smallest absolute Gasteiger partial charge is 0.253 e. The quantitative estimate of drug-likeness (QED) is 0.800. The van der Waals surface area contributed by atoms with Crippen LogP contribution < -0.4 is 9.47 Å². The Hall–Kier alpha value is -2.53. The van der Waals surface area contributed by atoms with Crippen molar-refractivity contribution in [3.8, 4) is 11.5 Å². The van der Waals surface area contributed by atoms with Gasteiger partial charge in [-0.15, -0.1) is 0 Å². The fraction of sp³-hybridized carbons (Fsp3) is 0.381. The van der Waals surface area contributed by atoms with E-state index >= 15 is 0 Å². The van der Waals surface area contributed by atoms with Gasteiger partial charge in [-0.2, -0.15) is 0 Å². The zero-order valence-corrected chi connectivity index (χ0v) is 15.5. The summed E-state index contributed by atoms with van der Waals surface area (Å²) < 4.78 is 10.9. The number of aryl methyl sites for hydroxylation is 1. The predicted molar refractivity (Wildman–Crippen MR) is 102 cm³/mol. The molecule has 0 spiro atoms. The van der Waals surface area contributed by atoms with Crippen LogP contribution in [0.3, 0.4) is 0 Å². The van der Waals surface area contributed by atoms with Crippen molar-refractivity contribution in [2.45, 2.75) is 6.92 Å². The molecule has 0 saturated carbocycles. The molecule has 0 N–H and O–H groups in total. The van der Waals surface area contributed by atoms with Gasteiger partial charge in [0, 0.05) is 38.3 Å². The first kappa shape index (κ1) is 18.3. The Morgan fingerprint density at radius 3 is 2.15 bits per heavy atom. The Balaban J connectivity index is 1.41. The molecule has 5 nitrogen and oxygen atoms in total. The summed E-state index contributed by atoms with van der Waals surface area (Å²) >= 11 is 0. The molecule has 1 saturated heterocycles. The Kier molecular flexibility index (Phi) is 6.12. The summed E-state index contributed by atoms with van der Waals surface area (Å²) in [5, 5.41) is 0. The molecule has 0 unspecified atom stereocenters. The largest absolute Gasteiger partial charge is 0.497 e. The number of ether oxygens (including phenoxy) is 2. The SMILES string of the molecule is COc1ccc(C(=O)N2CCN(CCOc3ccc(C)cc3)CC2)cc1. The van der Waals surface area contributed by atoms with Gasteiger partial charge >= 0.3 is 0 Å².